The maximum Gasteiger partial charge on any atom is 0.304 e. The second-order valence-corrected chi connectivity index (χ2v) is 5.78. The average Bonchev–Trinajstić information content (AvgIpc) is 2.82. The lowest BCUT2D eigenvalue weighted by atomic mass is 10.1. The molecular formula is C13H20N2O2S. The minimum atomic E-state index is -0.728. The van der Waals surface area contributed by atoms with E-state index in [0.29, 0.717) is 12.6 Å². The molecule has 1 aromatic rings. The average molecular weight is 268 g/mol. The number of piperidine rings is 1. The number of nitrogens with zero attached hydrogens (tertiary/aromatic N) is 1. The second-order valence-electron chi connectivity index (χ2n) is 4.75. The molecule has 0 aliphatic carbocycles. The molecule has 1 aliphatic rings. The van der Waals surface area contributed by atoms with Crippen molar-refractivity contribution in [3.8, 4) is 0 Å². The molecule has 100 valence electrons. The molecule has 0 radical (unpaired) electrons. The highest BCUT2D eigenvalue weighted by molar-refractivity contribution is 7.09. The van der Waals surface area contributed by atoms with Gasteiger partial charge in [-0.15, -0.1) is 11.3 Å². The zero-order valence-corrected chi connectivity index (χ0v) is 11.3. The molecule has 0 aromatic carbocycles. The first-order valence-electron chi connectivity index (χ1n) is 6.44. The molecule has 2 rings (SSSR count). The van der Waals surface area contributed by atoms with Crippen LogP contribution >= 0.6 is 11.3 Å². The van der Waals surface area contributed by atoms with Crippen molar-refractivity contribution in [2.75, 3.05) is 19.6 Å². The predicted octanol–water partition coefficient (Wildman–Crippen LogP) is 1.78. The Hall–Kier alpha value is -0.910. The number of carboxylic acids is 1. The number of hydrogen-bond acceptors (Lipinski definition) is 4. The third-order valence-corrected chi connectivity index (χ3v) is 4.10. The summed E-state index contributed by atoms with van der Waals surface area (Å²) in [4.78, 5) is 14.3. The number of nitrogens with one attached hydrogen (secondary N) is 1. The maximum absolute atomic E-state index is 10.5. The van der Waals surface area contributed by atoms with Gasteiger partial charge in [0.2, 0.25) is 0 Å². The Morgan fingerprint density at radius 1 is 1.61 bits per heavy atom. The summed E-state index contributed by atoms with van der Waals surface area (Å²) in [6.07, 6.45) is 2.55. The van der Waals surface area contributed by atoms with Gasteiger partial charge in [0.25, 0.3) is 0 Å². The van der Waals surface area contributed by atoms with E-state index in [4.69, 9.17) is 5.11 Å². The van der Waals surface area contributed by atoms with Gasteiger partial charge in [-0.1, -0.05) is 6.07 Å². The van der Waals surface area contributed by atoms with E-state index in [9.17, 15) is 4.79 Å². The third kappa shape index (κ3) is 4.40. The molecule has 0 amide bonds. The first kappa shape index (κ1) is 13.5. The van der Waals surface area contributed by atoms with Gasteiger partial charge in [-0.3, -0.25) is 9.69 Å². The summed E-state index contributed by atoms with van der Waals surface area (Å²) < 4.78 is 0. The van der Waals surface area contributed by atoms with Crippen molar-refractivity contribution >= 4 is 17.3 Å². The van der Waals surface area contributed by atoms with Crippen molar-refractivity contribution in [2.24, 2.45) is 0 Å². The first-order valence-corrected chi connectivity index (χ1v) is 7.32. The fraction of sp³-hybridized carbons (Fsp3) is 0.615. The van der Waals surface area contributed by atoms with E-state index < -0.39 is 5.97 Å². The third-order valence-electron chi connectivity index (χ3n) is 3.24. The van der Waals surface area contributed by atoms with E-state index in [1.54, 1.807) is 11.3 Å². The van der Waals surface area contributed by atoms with E-state index >= 15 is 0 Å². The van der Waals surface area contributed by atoms with Gasteiger partial charge >= 0.3 is 5.97 Å². The summed E-state index contributed by atoms with van der Waals surface area (Å²) in [5, 5.41) is 14.1. The normalized spacial score (nSPS) is 21.0. The molecular weight excluding hydrogens is 248 g/mol. The molecule has 0 spiro atoms. The highest BCUT2D eigenvalue weighted by atomic mass is 32.1. The van der Waals surface area contributed by atoms with Gasteiger partial charge in [-0.25, -0.2) is 0 Å². The van der Waals surface area contributed by atoms with E-state index in [1.165, 1.54) is 11.3 Å². The van der Waals surface area contributed by atoms with Crippen molar-refractivity contribution < 1.29 is 9.90 Å². The summed E-state index contributed by atoms with van der Waals surface area (Å²) in [6, 6.07) is 4.71. The monoisotopic (exact) mass is 268 g/mol. The van der Waals surface area contributed by atoms with E-state index in [2.05, 4.69) is 27.7 Å². The molecule has 1 aliphatic heterocycles. The summed E-state index contributed by atoms with van der Waals surface area (Å²) in [5.41, 5.74) is 0. The second kappa shape index (κ2) is 6.87. The smallest absolute Gasteiger partial charge is 0.304 e. The van der Waals surface area contributed by atoms with Crippen LogP contribution in [0.25, 0.3) is 0 Å². The molecule has 1 unspecified atom stereocenters. The molecule has 0 bridgehead atoms. The van der Waals surface area contributed by atoms with Crippen molar-refractivity contribution in [3.63, 3.8) is 0 Å². The molecule has 0 saturated carbocycles. The van der Waals surface area contributed by atoms with Crippen molar-refractivity contribution in [1.29, 1.82) is 0 Å². The van der Waals surface area contributed by atoms with Gasteiger partial charge in [0.05, 0.1) is 6.42 Å². The standard InChI is InChI=1S/C13H20N2O2S/c16-13(17)5-6-14-11-3-1-7-15(9-11)10-12-4-2-8-18-12/h2,4,8,11,14H,1,3,5-7,9-10H2,(H,16,17). The molecule has 18 heavy (non-hydrogen) atoms. The zero-order valence-electron chi connectivity index (χ0n) is 10.5. The van der Waals surface area contributed by atoms with Gasteiger partial charge in [-0.2, -0.15) is 0 Å². The predicted molar refractivity (Wildman–Crippen MR) is 72.9 cm³/mol. The number of aliphatic carboxylic acids is 1. The van der Waals surface area contributed by atoms with Crippen LogP contribution in [0.4, 0.5) is 0 Å². The van der Waals surface area contributed by atoms with E-state index in [-0.39, 0.29) is 6.42 Å². The molecule has 2 heterocycles. The van der Waals surface area contributed by atoms with E-state index in [1.807, 2.05) is 0 Å². The lowest BCUT2D eigenvalue weighted by Gasteiger charge is -2.32. The Kier molecular flexibility index (Phi) is 5.16. The van der Waals surface area contributed by atoms with Gasteiger partial charge in [0, 0.05) is 30.6 Å². The van der Waals surface area contributed by atoms with Crippen LogP contribution in [0.1, 0.15) is 24.1 Å². The van der Waals surface area contributed by atoms with Crippen LogP contribution in [-0.2, 0) is 11.3 Å². The quantitative estimate of drug-likeness (QED) is 0.826. The molecule has 5 heteroatoms. The van der Waals surface area contributed by atoms with Crippen molar-refractivity contribution in [2.45, 2.75) is 31.8 Å². The zero-order chi connectivity index (χ0) is 12.8. The number of hydrogen-bond donors (Lipinski definition) is 2. The van der Waals surface area contributed by atoms with Crippen molar-refractivity contribution in [1.82, 2.24) is 10.2 Å². The molecule has 4 nitrogen and oxygen atoms in total. The molecule has 1 fully saturated rings. The maximum atomic E-state index is 10.5. The van der Waals surface area contributed by atoms with Crippen LogP contribution in [0.15, 0.2) is 17.5 Å². The SMILES string of the molecule is O=C(O)CCNC1CCCN(Cc2cccs2)C1. The van der Waals surface area contributed by atoms with E-state index in [0.717, 1.165) is 26.1 Å². The van der Waals surface area contributed by atoms with Crippen LogP contribution < -0.4 is 5.32 Å². The van der Waals surface area contributed by atoms with Crippen LogP contribution in [0.3, 0.4) is 0 Å². The van der Waals surface area contributed by atoms with Crippen molar-refractivity contribution in [3.05, 3.63) is 22.4 Å². The lowest BCUT2D eigenvalue weighted by molar-refractivity contribution is -0.136. The summed E-state index contributed by atoms with van der Waals surface area (Å²) in [7, 11) is 0. The Labute approximate surface area is 112 Å². The Balaban J connectivity index is 1.72. The van der Waals surface area contributed by atoms with Crippen LogP contribution in [0.5, 0.6) is 0 Å². The summed E-state index contributed by atoms with van der Waals surface area (Å²) >= 11 is 1.80. The Morgan fingerprint density at radius 3 is 3.22 bits per heavy atom. The van der Waals surface area contributed by atoms with Crippen LogP contribution in [0, 0.1) is 0 Å². The Morgan fingerprint density at radius 2 is 2.50 bits per heavy atom. The van der Waals surface area contributed by atoms with Gasteiger partial charge in [-0.05, 0) is 30.8 Å². The molecule has 1 atom stereocenters. The fourth-order valence-electron chi connectivity index (χ4n) is 2.37. The number of carbonyl (C=O) groups is 1. The number of rotatable bonds is 6. The minimum absolute atomic E-state index is 0.210. The van der Waals surface area contributed by atoms with Gasteiger partial charge in [0.15, 0.2) is 0 Å². The van der Waals surface area contributed by atoms with Crippen LogP contribution in [0.2, 0.25) is 0 Å². The lowest BCUT2D eigenvalue weighted by Crippen LogP contribution is -2.45. The highest BCUT2D eigenvalue weighted by Gasteiger charge is 2.19. The molecule has 1 saturated heterocycles. The number of likely N-dealkylation sites (tertiary alicyclic amines) is 1. The highest BCUT2D eigenvalue weighted by Crippen LogP contribution is 2.16. The molecule has 1 aromatic heterocycles. The molecule has 2 N–H and O–H groups in total. The fourth-order valence-corrected chi connectivity index (χ4v) is 3.12. The van der Waals surface area contributed by atoms with Gasteiger partial charge in [0.1, 0.15) is 0 Å². The summed E-state index contributed by atoms with van der Waals surface area (Å²) in [6.45, 7) is 3.77. The van der Waals surface area contributed by atoms with Gasteiger partial charge < -0.3 is 10.4 Å². The summed E-state index contributed by atoms with van der Waals surface area (Å²) in [5.74, 6) is -0.728. The number of thiophene rings is 1. The first-order chi connectivity index (χ1) is 8.74. The topological polar surface area (TPSA) is 52.6 Å². The minimum Gasteiger partial charge on any atom is -0.481 e. The van der Waals surface area contributed by atoms with Crippen LogP contribution in [-0.4, -0.2) is 41.7 Å². The number of carboxylic acid groups (broad SMARTS) is 1. The Bertz CT molecular complexity index is 367. The largest absolute Gasteiger partial charge is 0.481 e.